The van der Waals surface area contributed by atoms with Crippen molar-refractivity contribution in [1.82, 2.24) is 5.32 Å². The van der Waals surface area contributed by atoms with Crippen LogP contribution in [0.15, 0.2) is 40.8 Å². The molecule has 0 bridgehead atoms. The van der Waals surface area contributed by atoms with Gasteiger partial charge >= 0.3 is 0 Å². The van der Waals surface area contributed by atoms with E-state index in [1.165, 1.54) is 0 Å². The summed E-state index contributed by atoms with van der Waals surface area (Å²) in [6.07, 6.45) is 0. The summed E-state index contributed by atoms with van der Waals surface area (Å²) in [4.78, 5) is 12.4. The second kappa shape index (κ2) is 6.59. The number of hydrogen-bond acceptors (Lipinski definition) is 4. The number of nitrogens with one attached hydrogen (secondary N) is 1. The molecule has 3 aromatic rings. The Kier molecular flexibility index (Phi) is 4.29. The quantitative estimate of drug-likeness (QED) is 0.727. The normalized spacial score (nSPS) is 13.4. The number of hydrogen-bond donors (Lipinski definition) is 1. The lowest BCUT2D eigenvalue weighted by Gasteiger charge is -2.21. The van der Waals surface area contributed by atoms with Crippen LogP contribution in [0.5, 0.6) is 5.75 Å². The molecule has 128 valence electrons. The Morgan fingerprint density at radius 1 is 1.12 bits per heavy atom. The molecule has 25 heavy (non-hydrogen) atoms. The Labute approximate surface area is 153 Å². The van der Waals surface area contributed by atoms with Gasteiger partial charge in [-0.1, -0.05) is 23.2 Å². The lowest BCUT2D eigenvalue weighted by molar-refractivity contribution is -0.0170. The first-order valence-corrected chi connectivity index (χ1v) is 8.35. The number of amides is 1. The molecule has 0 spiro atoms. The minimum absolute atomic E-state index is 0.180. The van der Waals surface area contributed by atoms with Crippen LogP contribution in [0.1, 0.15) is 21.7 Å². The number of halogens is 2. The third-order valence-electron chi connectivity index (χ3n) is 3.89. The van der Waals surface area contributed by atoms with Gasteiger partial charge in [0.25, 0.3) is 5.91 Å². The minimum Gasteiger partial charge on any atom is -0.467 e. The van der Waals surface area contributed by atoms with E-state index in [0.717, 1.165) is 16.5 Å². The van der Waals surface area contributed by atoms with Crippen molar-refractivity contribution < 1.29 is 18.7 Å². The molecular weight excluding hydrogens is 365 g/mol. The summed E-state index contributed by atoms with van der Waals surface area (Å²) in [6.45, 7) is 0.876. The molecule has 2 aromatic carbocycles. The van der Waals surface area contributed by atoms with Gasteiger partial charge in [-0.2, -0.15) is 0 Å². The predicted octanol–water partition coefficient (Wildman–Crippen LogP) is 4.54. The van der Waals surface area contributed by atoms with Gasteiger partial charge in [-0.3, -0.25) is 4.79 Å². The van der Waals surface area contributed by atoms with Crippen LogP contribution in [0, 0.1) is 0 Å². The van der Waals surface area contributed by atoms with Crippen LogP contribution in [-0.2, 0) is 17.9 Å². The van der Waals surface area contributed by atoms with E-state index in [4.69, 9.17) is 37.1 Å². The first-order valence-electron chi connectivity index (χ1n) is 7.59. The third kappa shape index (κ3) is 3.31. The van der Waals surface area contributed by atoms with Gasteiger partial charge in [0, 0.05) is 33.1 Å². The Hall–Kier alpha value is -2.21. The molecule has 0 saturated heterocycles. The molecule has 0 unspecified atom stereocenters. The number of carbonyl (C=O) groups excluding carboxylic acids is 1. The van der Waals surface area contributed by atoms with Gasteiger partial charge in [-0.25, -0.2) is 0 Å². The van der Waals surface area contributed by atoms with E-state index in [1.54, 1.807) is 36.4 Å². The van der Waals surface area contributed by atoms with Crippen LogP contribution in [-0.4, -0.2) is 12.7 Å². The van der Waals surface area contributed by atoms with Gasteiger partial charge < -0.3 is 19.2 Å². The largest absolute Gasteiger partial charge is 0.467 e. The van der Waals surface area contributed by atoms with E-state index in [-0.39, 0.29) is 25.0 Å². The molecule has 0 atom stereocenters. The highest BCUT2D eigenvalue weighted by Crippen LogP contribution is 2.31. The lowest BCUT2D eigenvalue weighted by Crippen LogP contribution is -2.23. The van der Waals surface area contributed by atoms with Crippen molar-refractivity contribution in [3.05, 3.63) is 63.3 Å². The second-order valence-corrected chi connectivity index (χ2v) is 6.51. The highest BCUT2D eigenvalue weighted by atomic mass is 35.5. The van der Waals surface area contributed by atoms with Gasteiger partial charge in [-0.05, 0) is 36.4 Å². The fourth-order valence-corrected chi connectivity index (χ4v) is 3.22. The molecule has 0 aliphatic carbocycles. The van der Waals surface area contributed by atoms with Gasteiger partial charge in [0.2, 0.25) is 0 Å². The topological polar surface area (TPSA) is 60.7 Å². The fourth-order valence-electron chi connectivity index (χ4n) is 2.78. The number of furan rings is 1. The Bertz CT molecular complexity index is 967. The van der Waals surface area contributed by atoms with Gasteiger partial charge in [0.15, 0.2) is 12.6 Å². The van der Waals surface area contributed by atoms with Gasteiger partial charge in [0.05, 0.1) is 6.61 Å². The van der Waals surface area contributed by atoms with Crippen molar-refractivity contribution in [2.24, 2.45) is 0 Å². The van der Waals surface area contributed by atoms with Crippen LogP contribution in [0.2, 0.25) is 10.0 Å². The monoisotopic (exact) mass is 377 g/mol. The van der Waals surface area contributed by atoms with Crippen molar-refractivity contribution >= 4 is 40.1 Å². The van der Waals surface area contributed by atoms with E-state index >= 15 is 0 Å². The molecule has 0 saturated carbocycles. The molecule has 7 heteroatoms. The summed E-state index contributed by atoms with van der Waals surface area (Å²) < 4.78 is 16.4. The molecule has 1 amide bonds. The zero-order chi connectivity index (χ0) is 17.4. The van der Waals surface area contributed by atoms with Crippen LogP contribution >= 0.6 is 23.2 Å². The highest BCUT2D eigenvalue weighted by Gasteiger charge is 2.18. The molecule has 0 radical (unpaired) electrons. The van der Waals surface area contributed by atoms with Crippen LogP contribution in [0.25, 0.3) is 11.0 Å². The first-order chi connectivity index (χ1) is 12.1. The lowest BCUT2D eigenvalue weighted by atomic mass is 10.1. The molecule has 5 nitrogen and oxygen atoms in total. The zero-order valence-electron chi connectivity index (χ0n) is 13.0. The molecule has 2 heterocycles. The number of fused-ring (bicyclic) bond motifs is 2. The van der Waals surface area contributed by atoms with Crippen molar-refractivity contribution in [1.29, 1.82) is 0 Å². The minimum atomic E-state index is -0.326. The fraction of sp³-hybridized carbons (Fsp3) is 0.167. The summed E-state index contributed by atoms with van der Waals surface area (Å²) in [5, 5.41) is 4.75. The number of rotatable bonds is 3. The number of ether oxygens (including phenoxy) is 2. The maximum atomic E-state index is 12.4. The Morgan fingerprint density at radius 3 is 2.88 bits per heavy atom. The number of benzene rings is 2. The van der Waals surface area contributed by atoms with Crippen molar-refractivity contribution in [3.8, 4) is 5.75 Å². The van der Waals surface area contributed by atoms with Crippen LogP contribution in [0.4, 0.5) is 0 Å². The van der Waals surface area contributed by atoms with Crippen molar-refractivity contribution in [3.63, 3.8) is 0 Å². The Balaban J connectivity index is 1.54. The summed E-state index contributed by atoms with van der Waals surface area (Å²) >= 11 is 12.1. The standard InChI is InChI=1S/C18H13Cl2NO4/c19-13-1-2-15-10(3-13)6-16(25-15)18(22)21-7-11-4-14(20)5-12-8-23-9-24-17(11)12/h1-6H,7-9H2,(H,21,22). The summed E-state index contributed by atoms with van der Waals surface area (Å²) in [5.41, 5.74) is 2.26. The van der Waals surface area contributed by atoms with Crippen molar-refractivity contribution in [2.45, 2.75) is 13.2 Å². The van der Waals surface area contributed by atoms with Gasteiger partial charge in [0.1, 0.15) is 11.3 Å². The predicted molar refractivity (Wildman–Crippen MR) is 94.1 cm³/mol. The van der Waals surface area contributed by atoms with E-state index in [0.29, 0.717) is 28.0 Å². The SMILES string of the molecule is O=C(NCc1cc(Cl)cc2c1OCOC2)c1cc2cc(Cl)ccc2o1. The second-order valence-electron chi connectivity index (χ2n) is 5.64. The first kappa shape index (κ1) is 16.3. The van der Waals surface area contributed by atoms with Crippen molar-refractivity contribution in [2.75, 3.05) is 6.79 Å². The maximum absolute atomic E-state index is 12.4. The van der Waals surface area contributed by atoms with Crippen LogP contribution in [0.3, 0.4) is 0 Å². The van der Waals surface area contributed by atoms with Gasteiger partial charge in [-0.15, -0.1) is 0 Å². The summed E-state index contributed by atoms with van der Waals surface area (Å²) in [5.74, 6) is 0.595. The molecule has 0 fully saturated rings. The molecular formula is C18H13Cl2NO4. The molecule has 1 aromatic heterocycles. The number of carbonyl (C=O) groups is 1. The molecule has 4 rings (SSSR count). The Morgan fingerprint density at radius 2 is 2.00 bits per heavy atom. The van der Waals surface area contributed by atoms with E-state index < -0.39 is 0 Å². The molecule has 1 aliphatic rings. The molecule has 1 N–H and O–H groups in total. The maximum Gasteiger partial charge on any atom is 0.287 e. The van der Waals surface area contributed by atoms with E-state index in [9.17, 15) is 4.79 Å². The zero-order valence-corrected chi connectivity index (χ0v) is 14.5. The van der Waals surface area contributed by atoms with E-state index in [2.05, 4.69) is 5.32 Å². The smallest absolute Gasteiger partial charge is 0.287 e. The van der Waals surface area contributed by atoms with E-state index in [1.807, 2.05) is 0 Å². The average molecular weight is 378 g/mol. The third-order valence-corrected chi connectivity index (χ3v) is 4.35. The average Bonchev–Trinajstić information content (AvgIpc) is 3.02. The van der Waals surface area contributed by atoms with Crippen LogP contribution < -0.4 is 10.1 Å². The highest BCUT2D eigenvalue weighted by molar-refractivity contribution is 6.31. The molecule has 1 aliphatic heterocycles. The summed E-state index contributed by atoms with van der Waals surface area (Å²) in [7, 11) is 0. The summed E-state index contributed by atoms with van der Waals surface area (Å²) in [6, 6.07) is 10.4.